The number of carbonyl (C=O) groups excluding carboxylic acids is 1. The summed E-state index contributed by atoms with van der Waals surface area (Å²) in [7, 11) is -2.18. The molecule has 2 amide bonds. The van der Waals surface area contributed by atoms with Crippen molar-refractivity contribution in [1.82, 2.24) is 9.21 Å². The predicted molar refractivity (Wildman–Crippen MR) is 110 cm³/mol. The largest absolute Gasteiger partial charge is 0.497 e. The Morgan fingerprint density at radius 1 is 1.17 bits per heavy atom. The number of hydrogen-bond donors (Lipinski definition) is 1. The van der Waals surface area contributed by atoms with Crippen LogP contribution in [0.15, 0.2) is 46.7 Å². The quantitative estimate of drug-likeness (QED) is 0.795. The number of amides is 2. The molecule has 0 aliphatic carbocycles. The van der Waals surface area contributed by atoms with Gasteiger partial charge in [0.1, 0.15) is 11.5 Å². The van der Waals surface area contributed by atoms with E-state index in [2.05, 4.69) is 5.32 Å². The summed E-state index contributed by atoms with van der Waals surface area (Å²) >= 11 is 1.46. The molecule has 2 aromatic rings. The van der Waals surface area contributed by atoms with E-state index in [9.17, 15) is 13.2 Å². The van der Waals surface area contributed by atoms with Gasteiger partial charge in [-0.15, -0.1) is 11.3 Å². The van der Waals surface area contributed by atoms with Crippen molar-refractivity contribution in [3.63, 3.8) is 0 Å². The fourth-order valence-electron chi connectivity index (χ4n) is 3.80. The second-order valence-corrected chi connectivity index (χ2v) is 9.75. The van der Waals surface area contributed by atoms with Crippen LogP contribution in [0.4, 0.5) is 9.80 Å². The maximum absolute atomic E-state index is 13.2. The van der Waals surface area contributed by atoms with Crippen LogP contribution < -0.4 is 10.1 Å². The van der Waals surface area contributed by atoms with Crippen molar-refractivity contribution in [2.75, 3.05) is 38.7 Å². The van der Waals surface area contributed by atoms with Gasteiger partial charge in [0, 0.05) is 32.5 Å². The number of urea groups is 1. The molecule has 2 aliphatic heterocycles. The van der Waals surface area contributed by atoms with Gasteiger partial charge in [0.25, 0.3) is 0 Å². The number of likely N-dealkylation sites (tertiary alicyclic amines) is 1. The Hall–Kier alpha value is -2.14. The Labute approximate surface area is 174 Å². The number of nitrogens with one attached hydrogen (secondary N) is 1. The molecule has 10 heteroatoms. The second kappa shape index (κ2) is 7.94. The summed E-state index contributed by atoms with van der Waals surface area (Å²) in [5, 5.41) is 5.56. The lowest BCUT2D eigenvalue weighted by atomic mass is 10.0. The molecule has 0 unspecified atom stereocenters. The topological polar surface area (TPSA) is 88.2 Å². The van der Waals surface area contributed by atoms with Crippen LogP contribution in [-0.4, -0.2) is 62.7 Å². The summed E-state index contributed by atoms with van der Waals surface area (Å²) in [6, 6.07) is 9.90. The van der Waals surface area contributed by atoms with Gasteiger partial charge in [-0.05, 0) is 41.8 Å². The monoisotopic (exact) mass is 437 g/mol. The van der Waals surface area contributed by atoms with E-state index in [-0.39, 0.29) is 10.9 Å². The van der Waals surface area contributed by atoms with Crippen LogP contribution in [0.5, 0.6) is 5.75 Å². The number of ether oxygens (including phenoxy) is 2. The van der Waals surface area contributed by atoms with Gasteiger partial charge < -0.3 is 14.4 Å². The molecule has 1 N–H and O–H groups in total. The highest BCUT2D eigenvalue weighted by Crippen LogP contribution is 2.38. The van der Waals surface area contributed by atoms with Gasteiger partial charge in [0.05, 0.1) is 23.6 Å². The van der Waals surface area contributed by atoms with E-state index in [0.717, 1.165) is 5.00 Å². The van der Waals surface area contributed by atoms with Gasteiger partial charge in [-0.25, -0.2) is 13.2 Å². The van der Waals surface area contributed by atoms with Crippen molar-refractivity contribution in [1.29, 1.82) is 0 Å². The lowest BCUT2D eigenvalue weighted by Crippen LogP contribution is -2.56. The zero-order chi connectivity index (χ0) is 20.5. The van der Waals surface area contributed by atoms with Crippen LogP contribution in [0.3, 0.4) is 0 Å². The smallest absolute Gasteiger partial charge is 0.322 e. The maximum Gasteiger partial charge on any atom is 0.322 e. The molecule has 0 atom stereocenters. The summed E-state index contributed by atoms with van der Waals surface area (Å²) in [6.07, 6.45) is 0.862. The SMILES string of the molecule is COc1ccc(S(=O)(=O)N2CCOC23CCN(C(=O)Nc2cccs2)CC3)cc1. The molecule has 29 heavy (non-hydrogen) atoms. The molecular weight excluding hydrogens is 414 g/mol. The van der Waals surface area contributed by atoms with E-state index < -0.39 is 15.7 Å². The second-order valence-electron chi connectivity index (χ2n) is 6.94. The summed E-state index contributed by atoms with van der Waals surface area (Å²) < 4.78 is 39.0. The van der Waals surface area contributed by atoms with Gasteiger partial charge in [-0.1, -0.05) is 0 Å². The fourth-order valence-corrected chi connectivity index (χ4v) is 6.13. The van der Waals surface area contributed by atoms with Gasteiger partial charge in [0.2, 0.25) is 10.0 Å². The summed E-state index contributed by atoms with van der Waals surface area (Å²) in [5.41, 5.74) is -0.904. The number of rotatable bonds is 4. The molecule has 1 aromatic heterocycles. The van der Waals surface area contributed by atoms with E-state index >= 15 is 0 Å². The van der Waals surface area contributed by atoms with Gasteiger partial charge in [-0.2, -0.15) is 4.31 Å². The van der Waals surface area contributed by atoms with Crippen molar-refractivity contribution in [2.45, 2.75) is 23.5 Å². The van der Waals surface area contributed by atoms with Crippen LogP contribution in [0.2, 0.25) is 0 Å². The Balaban J connectivity index is 1.47. The Kier molecular flexibility index (Phi) is 5.52. The third-order valence-corrected chi connectivity index (χ3v) is 8.10. The first kappa shape index (κ1) is 20.1. The number of sulfonamides is 1. The number of nitrogens with zero attached hydrogens (tertiary/aromatic N) is 2. The third-order valence-electron chi connectivity index (χ3n) is 5.35. The van der Waals surface area contributed by atoms with E-state index in [4.69, 9.17) is 9.47 Å². The molecule has 0 radical (unpaired) electrons. The first-order valence-electron chi connectivity index (χ1n) is 9.35. The first-order valence-corrected chi connectivity index (χ1v) is 11.7. The highest BCUT2D eigenvalue weighted by Gasteiger charge is 2.51. The van der Waals surface area contributed by atoms with Crippen molar-refractivity contribution in [3.05, 3.63) is 41.8 Å². The lowest BCUT2D eigenvalue weighted by Gasteiger charge is -2.42. The third kappa shape index (κ3) is 3.85. The maximum atomic E-state index is 13.2. The number of anilines is 1. The average molecular weight is 438 g/mol. The first-order chi connectivity index (χ1) is 13.9. The molecule has 2 aliphatic rings. The van der Waals surface area contributed by atoms with Crippen molar-refractivity contribution < 1.29 is 22.7 Å². The van der Waals surface area contributed by atoms with Crippen molar-refractivity contribution >= 4 is 32.4 Å². The molecule has 156 valence electrons. The fraction of sp³-hybridized carbons (Fsp3) is 0.421. The van der Waals surface area contributed by atoms with Crippen LogP contribution >= 0.6 is 11.3 Å². The molecule has 1 aromatic carbocycles. The minimum absolute atomic E-state index is 0.176. The zero-order valence-electron chi connectivity index (χ0n) is 16.0. The van der Waals surface area contributed by atoms with Crippen molar-refractivity contribution in [3.8, 4) is 5.75 Å². The lowest BCUT2D eigenvalue weighted by molar-refractivity contribution is -0.0840. The Bertz CT molecular complexity index is 952. The van der Waals surface area contributed by atoms with Crippen LogP contribution in [0.1, 0.15) is 12.8 Å². The van der Waals surface area contributed by atoms with Gasteiger partial charge in [-0.3, -0.25) is 5.32 Å². The number of benzene rings is 1. The number of hydrogen-bond acceptors (Lipinski definition) is 6. The molecule has 3 heterocycles. The minimum atomic E-state index is -3.72. The Morgan fingerprint density at radius 3 is 2.52 bits per heavy atom. The number of thiophene rings is 1. The number of methoxy groups -OCH3 is 1. The number of piperidine rings is 1. The average Bonchev–Trinajstić information content (AvgIpc) is 3.39. The standard InChI is InChI=1S/C19H23N3O5S2/c1-26-15-4-6-16(7-5-15)29(24,25)22-12-13-27-19(22)8-10-21(11-9-19)18(23)20-17-3-2-14-28-17/h2-7,14H,8-13H2,1H3,(H,20,23). The van der Waals surface area contributed by atoms with Gasteiger partial charge >= 0.3 is 6.03 Å². The van der Waals surface area contributed by atoms with Crippen LogP contribution in [0, 0.1) is 0 Å². The van der Waals surface area contributed by atoms with E-state index in [1.807, 2.05) is 17.5 Å². The van der Waals surface area contributed by atoms with E-state index in [1.54, 1.807) is 29.2 Å². The highest BCUT2D eigenvalue weighted by molar-refractivity contribution is 7.89. The molecule has 1 spiro atoms. The van der Waals surface area contributed by atoms with Crippen molar-refractivity contribution in [2.24, 2.45) is 0 Å². The van der Waals surface area contributed by atoms with E-state index in [0.29, 0.717) is 44.8 Å². The molecule has 0 saturated carbocycles. The van der Waals surface area contributed by atoms with E-state index in [1.165, 1.54) is 22.8 Å². The minimum Gasteiger partial charge on any atom is -0.497 e. The van der Waals surface area contributed by atoms with Gasteiger partial charge in [0.15, 0.2) is 0 Å². The zero-order valence-corrected chi connectivity index (χ0v) is 17.7. The molecular formula is C19H23N3O5S2. The summed E-state index contributed by atoms with van der Waals surface area (Å²) in [4.78, 5) is 14.4. The number of carbonyl (C=O) groups is 1. The predicted octanol–water partition coefficient (Wildman–Crippen LogP) is 2.80. The summed E-state index contributed by atoms with van der Waals surface area (Å²) in [6.45, 7) is 1.49. The summed E-state index contributed by atoms with van der Waals surface area (Å²) in [5.74, 6) is 0.599. The molecule has 8 nitrogen and oxygen atoms in total. The Morgan fingerprint density at radius 2 is 1.90 bits per heavy atom. The van der Waals surface area contributed by atoms with Crippen LogP contribution in [0.25, 0.3) is 0 Å². The highest BCUT2D eigenvalue weighted by atomic mass is 32.2. The normalized spacial score (nSPS) is 19.4. The molecule has 2 fully saturated rings. The molecule has 2 saturated heterocycles. The molecule has 4 rings (SSSR count). The van der Waals surface area contributed by atoms with Crippen LogP contribution in [-0.2, 0) is 14.8 Å². The molecule has 0 bridgehead atoms.